The molecule has 0 amide bonds. The van der Waals surface area contributed by atoms with Crippen molar-refractivity contribution in [2.24, 2.45) is 5.41 Å². The van der Waals surface area contributed by atoms with Crippen LogP contribution in [-0.4, -0.2) is 27.5 Å². The van der Waals surface area contributed by atoms with Gasteiger partial charge in [-0.25, -0.2) is 0 Å². The average Bonchev–Trinajstić information content (AvgIpc) is 2.73. The molecule has 110 valence electrons. The summed E-state index contributed by atoms with van der Waals surface area (Å²) in [5.74, 6) is 0. The zero-order valence-electron chi connectivity index (χ0n) is 13.1. The lowest BCUT2D eigenvalue weighted by Crippen LogP contribution is -2.33. The Hall–Kier alpha value is -0.870. The van der Waals surface area contributed by atoms with E-state index in [0.29, 0.717) is 6.04 Å². The van der Waals surface area contributed by atoms with Crippen molar-refractivity contribution in [3.8, 4) is 0 Å². The van der Waals surface area contributed by atoms with Gasteiger partial charge in [0.2, 0.25) is 0 Å². The first-order chi connectivity index (χ1) is 8.71. The van der Waals surface area contributed by atoms with Crippen LogP contribution in [0.1, 0.15) is 65.6 Å². The molecule has 1 aromatic rings. The Bertz CT molecular complexity index is 382. The first-order valence-electron chi connectivity index (χ1n) is 7.17. The zero-order valence-corrected chi connectivity index (χ0v) is 13.1. The smallest absolute Gasteiger partial charge is 0.0537 e. The van der Waals surface area contributed by atoms with E-state index >= 15 is 0 Å². The number of aromatic nitrogens is 2. The van der Waals surface area contributed by atoms with Gasteiger partial charge in [0.05, 0.1) is 12.3 Å². The third-order valence-corrected chi connectivity index (χ3v) is 3.39. The zero-order chi connectivity index (χ0) is 14.6. The number of aliphatic hydroxyl groups excluding tert-OH is 1. The molecule has 0 aliphatic carbocycles. The predicted molar refractivity (Wildman–Crippen MR) is 79.1 cm³/mol. The van der Waals surface area contributed by atoms with Gasteiger partial charge in [-0.05, 0) is 39.5 Å². The van der Waals surface area contributed by atoms with E-state index in [1.807, 2.05) is 17.8 Å². The van der Waals surface area contributed by atoms with Crippen LogP contribution in [-0.2, 0) is 0 Å². The number of nitrogens with zero attached hydrogens (tertiary/aromatic N) is 2. The Morgan fingerprint density at radius 3 is 2.42 bits per heavy atom. The highest BCUT2D eigenvalue weighted by Crippen LogP contribution is 2.23. The number of aliphatic hydroxyl groups is 1. The second kappa shape index (κ2) is 6.53. The van der Waals surface area contributed by atoms with Crippen molar-refractivity contribution in [3.63, 3.8) is 0 Å². The summed E-state index contributed by atoms with van der Waals surface area (Å²) in [4.78, 5) is 0. The van der Waals surface area contributed by atoms with Crippen LogP contribution in [0.5, 0.6) is 0 Å². The lowest BCUT2D eigenvalue weighted by Gasteiger charge is -2.28. The maximum absolute atomic E-state index is 9.49. The molecule has 0 aliphatic rings. The number of nitrogens with one attached hydrogen (secondary N) is 1. The van der Waals surface area contributed by atoms with Gasteiger partial charge in [0, 0.05) is 30.4 Å². The molecule has 19 heavy (non-hydrogen) atoms. The SMILES string of the molecule is CC(O)CC(C)(C)CNC(C)c1cnn(C(C)C)c1. The fraction of sp³-hybridized carbons (Fsp3) is 0.800. The molecular weight excluding hydrogens is 238 g/mol. The third-order valence-electron chi connectivity index (χ3n) is 3.39. The van der Waals surface area contributed by atoms with Crippen LogP contribution in [0.3, 0.4) is 0 Å². The fourth-order valence-corrected chi connectivity index (χ4v) is 2.28. The highest BCUT2D eigenvalue weighted by atomic mass is 16.3. The first-order valence-corrected chi connectivity index (χ1v) is 7.17. The Kier molecular flexibility index (Phi) is 5.56. The molecule has 2 atom stereocenters. The van der Waals surface area contributed by atoms with Crippen LogP contribution in [0.4, 0.5) is 0 Å². The molecule has 1 heterocycles. The molecule has 0 saturated carbocycles. The molecular formula is C15H29N3O. The van der Waals surface area contributed by atoms with Crippen molar-refractivity contribution in [3.05, 3.63) is 18.0 Å². The highest BCUT2D eigenvalue weighted by Gasteiger charge is 2.21. The van der Waals surface area contributed by atoms with Crippen LogP contribution < -0.4 is 5.32 Å². The van der Waals surface area contributed by atoms with Gasteiger partial charge in [-0.3, -0.25) is 4.68 Å². The number of hydrogen-bond acceptors (Lipinski definition) is 3. The Balaban J connectivity index is 2.52. The van der Waals surface area contributed by atoms with Crippen molar-refractivity contribution in [1.29, 1.82) is 0 Å². The van der Waals surface area contributed by atoms with Crippen molar-refractivity contribution >= 4 is 0 Å². The molecule has 2 N–H and O–H groups in total. The van der Waals surface area contributed by atoms with Crippen LogP contribution in [0.15, 0.2) is 12.4 Å². The minimum absolute atomic E-state index is 0.0937. The summed E-state index contributed by atoms with van der Waals surface area (Å²) >= 11 is 0. The second-order valence-electron chi connectivity index (χ2n) is 6.67. The summed E-state index contributed by atoms with van der Waals surface area (Å²) in [6.45, 7) is 13.5. The molecule has 0 fully saturated rings. The minimum atomic E-state index is -0.254. The predicted octanol–water partition coefficient (Wildman–Crippen LogP) is 2.91. The lowest BCUT2D eigenvalue weighted by molar-refractivity contribution is 0.127. The van der Waals surface area contributed by atoms with Gasteiger partial charge in [-0.1, -0.05) is 13.8 Å². The van der Waals surface area contributed by atoms with Crippen molar-refractivity contribution < 1.29 is 5.11 Å². The normalized spacial score (nSPS) is 15.8. The fourth-order valence-electron chi connectivity index (χ4n) is 2.28. The summed E-state index contributed by atoms with van der Waals surface area (Å²) in [6, 6.07) is 0.674. The van der Waals surface area contributed by atoms with E-state index in [0.717, 1.165) is 13.0 Å². The summed E-state index contributed by atoms with van der Waals surface area (Å²) in [7, 11) is 0. The van der Waals surface area contributed by atoms with Gasteiger partial charge in [0.15, 0.2) is 0 Å². The second-order valence-corrected chi connectivity index (χ2v) is 6.67. The van der Waals surface area contributed by atoms with Gasteiger partial charge < -0.3 is 10.4 Å². The molecule has 0 spiro atoms. The van der Waals surface area contributed by atoms with E-state index < -0.39 is 0 Å². The first kappa shape index (κ1) is 16.2. The molecule has 0 aromatic carbocycles. The van der Waals surface area contributed by atoms with E-state index in [2.05, 4.69) is 51.2 Å². The van der Waals surface area contributed by atoms with E-state index in [1.54, 1.807) is 0 Å². The minimum Gasteiger partial charge on any atom is -0.393 e. The van der Waals surface area contributed by atoms with Crippen LogP contribution >= 0.6 is 0 Å². The van der Waals surface area contributed by atoms with Crippen LogP contribution in [0.25, 0.3) is 0 Å². The topological polar surface area (TPSA) is 50.1 Å². The molecule has 1 rings (SSSR count). The average molecular weight is 267 g/mol. The Labute approximate surface area is 117 Å². The van der Waals surface area contributed by atoms with E-state index in [9.17, 15) is 5.11 Å². The van der Waals surface area contributed by atoms with Gasteiger partial charge in [-0.2, -0.15) is 5.10 Å². The van der Waals surface area contributed by atoms with Crippen molar-refractivity contribution in [2.75, 3.05) is 6.54 Å². The molecule has 0 aliphatic heterocycles. The van der Waals surface area contributed by atoms with Gasteiger partial charge >= 0.3 is 0 Å². The monoisotopic (exact) mass is 267 g/mol. The molecule has 0 saturated heterocycles. The number of rotatable bonds is 7. The van der Waals surface area contributed by atoms with Crippen LogP contribution in [0, 0.1) is 5.41 Å². The molecule has 1 aromatic heterocycles. The summed E-state index contributed by atoms with van der Waals surface area (Å²) in [6.07, 6.45) is 4.58. The molecule has 4 heteroatoms. The van der Waals surface area contributed by atoms with E-state index in [1.165, 1.54) is 5.56 Å². The maximum atomic E-state index is 9.49. The van der Waals surface area contributed by atoms with Crippen molar-refractivity contribution in [2.45, 2.75) is 66.2 Å². The number of hydrogen-bond donors (Lipinski definition) is 2. The molecule has 4 nitrogen and oxygen atoms in total. The van der Waals surface area contributed by atoms with Gasteiger partial charge in [0.25, 0.3) is 0 Å². The van der Waals surface area contributed by atoms with Gasteiger partial charge in [0.1, 0.15) is 0 Å². The van der Waals surface area contributed by atoms with Crippen LogP contribution in [0.2, 0.25) is 0 Å². The molecule has 0 bridgehead atoms. The summed E-state index contributed by atoms with van der Waals surface area (Å²) < 4.78 is 1.98. The largest absolute Gasteiger partial charge is 0.393 e. The summed E-state index contributed by atoms with van der Waals surface area (Å²) in [5.41, 5.74) is 1.30. The Morgan fingerprint density at radius 2 is 1.95 bits per heavy atom. The lowest BCUT2D eigenvalue weighted by atomic mass is 9.86. The van der Waals surface area contributed by atoms with E-state index in [-0.39, 0.29) is 17.6 Å². The standard InChI is InChI=1S/C15H29N3O/c1-11(2)18-9-14(8-17-18)13(4)16-10-15(5,6)7-12(3)19/h8-9,11-13,16,19H,7,10H2,1-6H3. The quantitative estimate of drug-likeness (QED) is 0.798. The summed E-state index contributed by atoms with van der Waals surface area (Å²) in [5, 5.41) is 17.4. The molecule has 0 radical (unpaired) electrons. The third kappa shape index (κ3) is 5.33. The maximum Gasteiger partial charge on any atom is 0.0537 e. The molecule has 2 unspecified atom stereocenters. The van der Waals surface area contributed by atoms with E-state index in [4.69, 9.17) is 0 Å². The van der Waals surface area contributed by atoms with Crippen molar-refractivity contribution in [1.82, 2.24) is 15.1 Å². The Morgan fingerprint density at radius 1 is 1.32 bits per heavy atom. The van der Waals surface area contributed by atoms with Gasteiger partial charge in [-0.15, -0.1) is 0 Å². The highest BCUT2D eigenvalue weighted by molar-refractivity contribution is 5.09.